The molecular weight excluding hydrogens is 389 g/mol. The molecule has 2 atom stereocenters. The van der Waals surface area contributed by atoms with Crippen LogP contribution in [0.2, 0.25) is 0 Å². The van der Waals surface area contributed by atoms with Gasteiger partial charge in [-0.3, -0.25) is 4.79 Å². The van der Waals surface area contributed by atoms with Crippen molar-refractivity contribution >= 4 is 11.9 Å². The third kappa shape index (κ3) is 4.57. The third-order valence-electron chi connectivity index (χ3n) is 4.72. The maximum atomic E-state index is 13.5. The molecule has 0 aromatic heterocycles. The second-order valence-corrected chi connectivity index (χ2v) is 6.61. The molecule has 0 saturated heterocycles. The minimum atomic E-state index is -1.44. The van der Waals surface area contributed by atoms with Crippen LogP contribution in [0, 0.1) is 5.82 Å². The highest BCUT2D eigenvalue weighted by Gasteiger charge is 2.34. The van der Waals surface area contributed by atoms with Gasteiger partial charge in [0.1, 0.15) is 23.4 Å². The zero-order chi connectivity index (χ0) is 21.7. The molecule has 0 saturated carbocycles. The Morgan fingerprint density at radius 2 is 1.67 bits per heavy atom. The molecule has 3 aromatic rings. The molecule has 0 fully saturated rings. The van der Waals surface area contributed by atoms with Gasteiger partial charge in [-0.15, -0.1) is 0 Å². The largest absolute Gasteiger partial charge is 0.508 e. The number of nitrogens with one attached hydrogen (secondary N) is 1. The number of rotatable bonds is 7. The van der Waals surface area contributed by atoms with E-state index in [0.717, 1.165) is 0 Å². The maximum Gasteiger partial charge on any atom is 0.327 e. The number of hydrogen-bond acceptors (Lipinski definition) is 4. The van der Waals surface area contributed by atoms with E-state index in [1.54, 1.807) is 30.3 Å². The van der Waals surface area contributed by atoms with Crippen LogP contribution in [0.4, 0.5) is 4.39 Å². The molecule has 3 rings (SSSR count). The van der Waals surface area contributed by atoms with Gasteiger partial charge in [0.2, 0.25) is 0 Å². The Labute approximate surface area is 172 Å². The molecule has 0 spiro atoms. The molecule has 0 aliphatic heterocycles. The van der Waals surface area contributed by atoms with Gasteiger partial charge in [-0.05, 0) is 48.0 Å². The van der Waals surface area contributed by atoms with E-state index in [1.807, 2.05) is 0 Å². The predicted octanol–water partition coefficient (Wildman–Crippen LogP) is 3.56. The van der Waals surface area contributed by atoms with E-state index in [2.05, 4.69) is 5.32 Å². The molecule has 1 amide bonds. The topological polar surface area (TPSA) is 95.9 Å². The zero-order valence-corrected chi connectivity index (χ0v) is 16.1. The molecule has 0 unspecified atom stereocenters. The number of phenols is 1. The van der Waals surface area contributed by atoms with Crippen molar-refractivity contribution in [2.24, 2.45) is 0 Å². The molecule has 6 nitrogen and oxygen atoms in total. The van der Waals surface area contributed by atoms with Gasteiger partial charge in [-0.25, -0.2) is 9.18 Å². The van der Waals surface area contributed by atoms with E-state index in [9.17, 15) is 24.2 Å². The Morgan fingerprint density at radius 1 is 1.00 bits per heavy atom. The molecule has 3 aromatic carbocycles. The molecule has 0 radical (unpaired) electrons. The van der Waals surface area contributed by atoms with Crippen molar-refractivity contribution in [1.82, 2.24) is 5.32 Å². The lowest BCUT2D eigenvalue weighted by atomic mass is 9.84. The summed E-state index contributed by atoms with van der Waals surface area (Å²) < 4.78 is 18.7. The molecule has 0 bridgehead atoms. The fourth-order valence-electron chi connectivity index (χ4n) is 3.23. The van der Waals surface area contributed by atoms with Crippen molar-refractivity contribution in [3.63, 3.8) is 0 Å². The van der Waals surface area contributed by atoms with Crippen molar-refractivity contribution in [3.05, 3.63) is 95.3 Å². The van der Waals surface area contributed by atoms with E-state index < -0.39 is 29.7 Å². The van der Waals surface area contributed by atoms with Crippen LogP contribution in [0.15, 0.2) is 72.8 Å². The van der Waals surface area contributed by atoms with Gasteiger partial charge < -0.3 is 20.3 Å². The lowest BCUT2D eigenvalue weighted by molar-refractivity contribution is -0.139. The maximum absolute atomic E-state index is 13.5. The zero-order valence-electron chi connectivity index (χ0n) is 16.1. The number of ether oxygens (including phenoxy) is 1. The van der Waals surface area contributed by atoms with Crippen LogP contribution in [0.1, 0.15) is 27.4 Å². The van der Waals surface area contributed by atoms with Crippen molar-refractivity contribution in [2.75, 3.05) is 7.11 Å². The Balaban J connectivity index is 2.10. The average Bonchev–Trinajstić information content (AvgIpc) is 2.76. The van der Waals surface area contributed by atoms with E-state index in [0.29, 0.717) is 11.3 Å². The summed E-state index contributed by atoms with van der Waals surface area (Å²) >= 11 is 0. The summed E-state index contributed by atoms with van der Waals surface area (Å²) in [5.41, 5.74) is 0.916. The van der Waals surface area contributed by atoms with E-state index in [1.165, 1.54) is 49.6 Å². The number of amides is 1. The lowest BCUT2D eigenvalue weighted by Crippen LogP contribution is -2.45. The van der Waals surface area contributed by atoms with Crippen molar-refractivity contribution in [2.45, 2.75) is 12.0 Å². The number of aliphatic carboxylic acids is 1. The predicted molar refractivity (Wildman–Crippen MR) is 108 cm³/mol. The van der Waals surface area contributed by atoms with Crippen LogP contribution in [0.25, 0.3) is 0 Å². The van der Waals surface area contributed by atoms with Gasteiger partial charge in [0.05, 0.1) is 7.11 Å². The Kier molecular flexibility index (Phi) is 6.32. The number of methoxy groups -OCH3 is 1. The minimum absolute atomic E-state index is 0.176. The second-order valence-electron chi connectivity index (χ2n) is 6.61. The number of carboxylic acids is 1. The summed E-state index contributed by atoms with van der Waals surface area (Å²) in [4.78, 5) is 24.9. The van der Waals surface area contributed by atoms with Gasteiger partial charge in [0.25, 0.3) is 5.91 Å². The number of hydrogen-bond donors (Lipinski definition) is 3. The van der Waals surface area contributed by atoms with Gasteiger partial charge >= 0.3 is 5.97 Å². The third-order valence-corrected chi connectivity index (χ3v) is 4.72. The summed E-state index contributed by atoms with van der Waals surface area (Å²) in [5, 5.41) is 22.9. The molecular formula is C23H20FNO5. The summed E-state index contributed by atoms with van der Waals surface area (Å²) in [6, 6.07) is 16.4. The Morgan fingerprint density at radius 3 is 2.27 bits per heavy atom. The number of carbonyl (C=O) groups excluding carboxylic acids is 1. The van der Waals surface area contributed by atoms with Crippen LogP contribution in [-0.2, 0) is 4.79 Å². The molecule has 3 N–H and O–H groups in total. The van der Waals surface area contributed by atoms with E-state index in [-0.39, 0.29) is 16.9 Å². The summed E-state index contributed by atoms with van der Waals surface area (Å²) in [6.07, 6.45) is 0. The number of benzene rings is 3. The number of phenolic OH excluding ortho intramolecular Hbond substituents is 1. The first-order valence-corrected chi connectivity index (χ1v) is 9.11. The van der Waals surface area contributed by atoms with Crippen molar-refractivity contribution < 1.29 is 28.9 Å². The standard InChI is InChI=1S/C23H20FNO5/c1-30-17-11-12-19(26)18(13-17)20(14-7-9-16(24)10-8-14)21(23(28)29)25-22(27)15-5-3-2-4-6-15/h2-13,20-21,26H,1H3,(H,25,27)(H,28,29)/t20-,21-/m0/s1. The Bertz CT molecular complexity index is 1040. The van der Waals surface area contributed by atoms with Crippen molar-refractivity contribution in [3.8, 4) is 11.5 Å². The molecule has 0 aliphatic carbocycles. The summed E-state index contributed by atoms with van der Waals surface area (Å²) in [7, 11) is 1.44. The first-order chi connectivity index (χ1) is 14.4. The van der Waals surface area contributed by atoms with E-state index in [4.69, 9.17) is 4.74 Å². The van der Waals surface area contributed by atoms with Gasteiger partial charge in [-0.1, -0.05) is 30.3 Å². The minimum Gasteiger partial charge on any atom is -0.508 e. The van der Waals surface area contributed by atoms with Gasteiger partial charge in [0.15, 0.2) is 0 Å². The summed E-state index contributed by atoms with van der Waals surface area (Å²) in [6.45, 7) is 0. The number of halogens is 1. The Hall–Kier alpha value is -3.87. The van der Waals surface area contributed by atoms with Crippen LogP contribution in [0.3, 0.4) is 0 Å². The monoisotopic (exact) mass is 409 g/mol. The molecule has 0 heterocycles. The van der Waals surface area contributed by atoms with Gasteiger partial charge in [-0.2, -0.15) is 0 Å². The quantitative estimate of drug-likeness (QED) is 0.555. The molecule has 0 aliphatic rings. The molecule has 30 heavy (non-hydrogen) atoms. The second kappa shape index (κ2) is 9.09. The van der Waals surface area contributed by atoms with Crippen LogP contribution in [-0.4, -0.2) is 35.2 Å². The summed E-state index contributed by atoms with van der Waals surface area (Å²) in [5.74, 6) is -3.18. The molecule has 7 heteroatoms. The van der Waals surface area contributed by atoms with Crippen LogP contribution >= 0.6 is 0 Å². The highest BCUT2D eigenvalue weighted by molar-refractivity contribution is 5.97. The van der Waals surface area contributed by atoms with E-state index >= 15 is 0 Å². The average molecular weight is 409 g/mol. The first kappa shape index (κ1) is 20.9. The fraction of sp³-hybridized carbons (Fsp3) is 0.130. The SMILES string of the molecule is COc1ccc(O)c([C@H](c2ccc(F)cc2)[C@H](NC(=O)c2ccccc2)C(=O)O)c1. The highest BCUT2D eigenvalue weighted by Crippen LogP contribution is 2.36. The number of carbonyl (C=O) groups is 2. The first-order valence-electron chi connectivity index (χ1n) is 9.11. The van der Waals surface area contributed by atoms with Crippen molar-refractivity contribution in [1.29, 1.82) is 0 Å². The van der Waals surface area contributed by atoms with Crippen LogP contribution < -0.4 is 10.1 Å². The highest BCUT2D eigenvalue weighted by atomic mass is 19.1. The number of aromatic hydroxyl groups is 1. The smallest absolute Gasteiger partial charge is 0.327 e. The van der Waals surface area contributed by atoms with Gasteiger partial charge in [0, 0.05) is 17.0 Å². The normalized spacial score (nSPS) is 12.6. The lowest BCUT2D eigenvalue weighted by Gasteiger charge is -2.27. The van der Waals surface area contributed by atoms with Crippen LogP contribution in [0.5, 0.6) is 11.5 Å². The fourth-order valence-corrected chi connectivity index (χ4v) is 3.23. The number of carboxylic acid groups (broad SMARTS) is 1. The molecule has 154 valence electrons.